The molecule has 2 aromatic carbocycles. The second-order valence-electron chi connectivity index (χ2n) is 15.8. The molecule has 2 aromatic heterocycles. The molecule has 4 aliphatic heterocycles. The van der Waals surface area contributed by atoms with Crippen LogP contribution in [0.3, 0.4) is 0 Å². The molecule has 58 heavy (non-hydrogen) atoms. The molecule has 6 heterocycles. The molecule has 0 aliphatic carbocycles. The van der Waals surface area contributed by atoms with E-state index in [4.69, 9.17) is 34.6 Å². The second kappa shape index (κ2) is 15.6. The first kappa shape index (κ1) is 38.6. The molecule has 4 aromatic rings. The van der Waals surface area contributed by atoms with Crippen molar-refractivity contribution in [1.29, 1.82) is 0 Å². The van der Waals surface area contributed by atoms with Crippen LogP contribution in [-0.2, 0) is 19.1 Å². The van der Waals surface area contributed by atoms with Crippen molar-refractivity contribution in [1.82, 2.24) is 35.1 Å². The zero-order chi connectivity index (χ0) is 40.8. The molecule has 306 valence electrons. The number of nitrogens with zero attached hydrogens (tertiary/aromatic N) is 5. The molecule has 5 N–H and O–H groups in total. The van der Waals surface area contributed by atoms with E-state index in [1.165, 1.54) is 7.11 Å². The quantitative estimate of drug-likeness (QED) is 0.148. The van der Waals surface area contributed by atoms with Gasteiger partial charge in [0.15, 0.2) is 17.6 Å². The highest BCUT2D eigenvalue weighted by molar-refractivity contribution is 5.88. The van der Waals surface area contributed by atoms with Crippen LogP contribution >= 0.6 is 0 Å². The fraction of sp³-hybridized carbons (Fsp3) is 0.463. The van der Waals surface area contributed by atoms with Crippen LogP contribution in [0.25, 0.3) is 22.5 Å². The highest BCUT2D eigenvalue weighted by atomic mass is 16.6. The smallest absolute Gasteiger partial charge is 0.407 e. The predicted octanol–water partition coefficient (Wildman–Crippen LogP) is 5.93. The van der Waals surface area contributed by atoms with Gasteiger partial charge in [-0.1, -0.05) is 27.7 Å². The Morgan fingerprint density at radius 1 is 0.828 bits per heavy atom. The number of methoxy groups -OCH3 is 1. The Labute approximate surface area is 335 Å². The summed E-state index contributed by atoms with van der Waals surface area (Å²) in [7, 11) is 1.28. The van der Waals surface area contributed by atoms with Crippen LogP contribution in [0.2, 0.25) is 0 Å². The molecule has 4 atom stereocenters. The van der Waals surface area contributed by atoms with Crippen LogP contribution in [-0.4, -0.2) is 99.2 Å². The Morgan fingerprint density at radius 3 is 2.09 bits per heavy atom. The van der Waals surface area contributed by atoms with E-state index in [2.05, 4.69) is 26.3 Å². The van der Waals surface area contributed by atoms with Gasteiger partial charge in [-0.05, 0) is 67.9 Å². The van der Waals surface area contributed by atoms with Crippen LogP contribution < -0.4 is 25.4 Å². The van der Waals surface area contributed by atoms with E-state index in [9.17, 15) is 19.2 Å². The molecule has 17 nitrogen and oxygen atoms in total. The van der Waals surface area contributed by atoms with Crippen molar-refractivity contribution in [3.8, 4) is 39.8 Å². The standard InChI is InChI=1S/C41H49N9O8/c1-21(2)33(47-41(54)55-5)38(51)49-12-6-8-27(49)36-44-20-26(46-36)24-17-31-34-32(18-24)57-30-11-10-23(16-29(30)48(34)14-15-56-31)25-19-43-37(45-25)28-9-7-13-50(28)39(52)35(22(3)4)58-40(42)53/h10-11,16-22,27-28,33,35H,6-9,12-15H2,1-5H3,(H2,42,53)(H,43,45)(H,44,46)(H,47,54)/t27-,28-,33-,35-/m0/s1. The summed E-state index contributed by atoms with van der Waals surface area (Å²) in [5.41, 5.74) is 10.3. The normalized spacial score (nSPS) is 19.3. The Morgan fingerprint density at radius 2 is 1.47 bits per heavy atom. The maximum atomic E-state index is 13.7. The molecule has 0 radical (unpaired) electrons. The largest absolute Gasteiger partial charge is 0.489 e. The van der Waals surface area contributed by atoms with Crippen molar-refractivity contribution in [2.75, 3.05) is 38.3 Å². The molecule has 0 unspecified atom stereocenters. The summed E-state index contributed by atoms with van der Waals surface area (Å²) in [5, 5.41) is 2.70. The number of likely N-dealkylation sites (tertiary alicyclic amines) is 2. The van der Waals surface area contributed by atoms with Gasteiger partial charge in [0, 0.05) is 24.2 Å². The van der Waals surface area contributed by atoms with E-state index < -0.39 is 24.3 Å². The van der Waals surface area contributed by atoms with Gasteiger partial charge in [-0.3, -0.25) is 9.59 Å². The van der Waals surface area contributed by atoms with Crippen LogP contribution in [0.15, 0.2) is 42.7 Å². The van der Waals surface area contributed by atoms with Crippen molar-refractivity contribution in [3.05, 3.63) is 54.4 Å². The van der Waals surface area contributed by atoms with Crippen LogP contribution in [0.1, 0.15) is 77.1 Å². The number of primary amides is 1. The number of hydrogen-bond donors (Lipinski definition) is 4. The lowest BCUT2D eigenvalue weighted by Gasteiger charge is -2.37. The third kappa shape index (κ3) is 7.13. The number of benzene rings is 2. The zero-order valence-electron chi connectivity index (χ0n) is 33.2. The van der Waals surface area contributed by atoms with Gasteiger partial charge < -0.3 is 54.7 Å². The van der Waals surface area contributed by atoms with Crippen LogP contribution in [0, 0.1) is 11.8 Å². The summed E-state index contributed by atoms with van der Waals surface area (Å²) in [4.78, 5) is 72.8. The number of nitrogens with one attached hydrogen (secondary N) is 3. The molecular weight excluding hydrogens is 747 g/mol. The van der Waals surface area contributed by atoms with Gasteiger partial charge in [-0.25, -0.2) is 19.6 Å². The third-order valence-electron chi connectivity index (χ3n) is 11.4. The van der Waals surface area contributed by atoms with Crippen molar-refractivity contribution in [2.24, 2.45) is 17.6 Å². The summed E-state index contributed by atoms with van der Waals surface area (Å²) in [6.45, 7) is 9.57. The minimum Gasteiger partial charge on any atom is -0.489 e. The first-order valence-corrected chi connectivity index (χ1v) is 19.8. The highest BCUT2D eigenvalue weighted by Gasteiger charge is 2.40. The Hall–Kier alpha value is -6.26. The van der Waals surface area contributed by atoms with Crippen LogP contribution in [0.4, 0.5) is 21.0 Å². The van der Waals surface area contributed by atoms with Crippen LogP contribution in [0.5, 0.6) is 17.2 Å². The molecule has 0 bridgehead atoms. The number of aromatic nitrogens is 4. The Balaban J connectivity index is 1.01. The third-order valence-corrected chi connectivity index (χ3v) is 11.4. The molecule has 2 fully saturated rings. The molecule has 17 heteroatoms. The van der Waals surface area contributed by atoms with E-state index in [0.717, 1.165) is 59.6 Å². The van der Waals surface area contributed by atoms with Crippen molar-refractivity contribution < 1.29 is 38.1 Å². The first-order chi connectivity index (χ1) is 27.9. The van der Waals surface area contributed by atoms with Gasteiger partial charge in [-0.15, -0.1) is 0 Å². The summed E-state index contributed by atoms with van der Waals surface area (Å²) in [5.74, 6) is 2.51. The number of hydrogen-bond acceptors (Lipinski definition) is 11. The number of ether oxygens (including phenoxy) is 4. The van der Waals surface area contributed by atoms with Gasteiger partial charge in [0.25, 0.3) is 5.91 Å². The lowest BCUT2D eigenvalue weighted by Crippen LogP contribution is -2.51. The van der Waals surface area contributed by atoms with Crippen molar-refractivity contribution in [3.63, 3.8) is 0 Å². The minimum atomic E-state index is -0.975. The van der Waals surface area contributed by atoms with Gasteiger partial charge in [0.05, 0.1) is 55.2 Å². The maximum absolute atomic E-state index is 13.7. The summed E-state index contributed by atoms with van der Waals surface area (Å²) in [6, 6.07) is 8.63. The number of alkyl carbamates (subject to hydrolysis) is 1. The minimum absolute atomic E-state index is 0.134. The highest BCUT2D eigenvalue weighted by Crippen LogP contribution is 2.54. The number of carbonyl (C=O) groups excluding carboxylic acids is 4. The van der Waals surface area contributed by atoms with Crippen molar-refractivity contribution >= 4 is 35.4 Å². The van der Waals surface area contributed by atoms with Gasteiger partial charge in [0.1, 0.15) is 35.7 Å². The van der Waals surface area contributed by atoms with Gasteiger partial charge >= 0.3 is 12.2 Å². The molecule has 4 aliphatic rings. The SMILES string of the molecule is COC(=O)N[C@H](C(=O)N1CCC[C@H]1c1ncc(-c2cc3c4c(c2)Oc2ccc(-c5cnc([C@@H]6CCCN6C(=O)[C@@H](OC(N)=O)C(C)C)[nH]5)cc2N4CCO3)[nH]1)C(C)C. The average Bonchev–Trinajstić information content (AvgIpc) is 4.05. The van der Waals surface area contributed by atoms with Gasteiger partial charge in [0.2, 0.25) is 5.91 Å². The monoisotopic (exact) mass is 795 g/mol. The van der Waals surface area contributed by atoms with E-state index in [1.54, 1.807) is 22.2 Å². The van der Waals surface area contributed by atoms with E-state index in [0.29, 0.717) is 55.1 Å². The van der Waals surface area contributed by atoms with E-state index >= 15 is 0 Å². The fourth-order valence-corrected chi connectivity index (χ4v) is 8.47. The number of anilines is 2. The predicted molar refractivity (Wildman–Crippen MR) is 211 cm³/mol. The molecular formula is C41H49N9O8. The number of fused-ring (bicyclic) bond motifs is 2. The number of amides is 4. The second-order valence-corrected chi connectivity index (χ2v) is 15.8. The number of aromatic amines is 2. The number of nitrogens with two attached hydrogens (primary N) is 1. The number of carbonyl (C=O) groups is 4. The lowest BCUT2D eigenvalue weighted by molar-refractivity contribution is -0.143. The Kier molecular flexibility index (Phi) is 10.4. The topological polar surface area (TPSA) is 210 Å². The maximum Gasteiger partial charge on any atom is 0.407 e. The van der Waals surface area contributed by atoms with Gasteiger partial charge in [-0.2, -0.15) is 0 Å². The molecule has 4 amide bonds. The van der Waals surface area contributed by atoms with Crippen molar-refractivity contribution in [2.45, 2.75) is 77.6 Å². The first-order valence-electron chi connectivity index (χ1n) is 19.8. The number of imidazole rings is 2. The fourth-order valence-electron chi connectivity index (χ4n) is 8.47. The number of rotatable bonds is 10. The molecule has 8 rings (SSSR count). The summed E-state index contributed by atoms with van der Waals surface area (Å²) >= 11 is 0. The molecule has 0 spiro atoms. The van der Waals surface area contributed by atoms with E-state index in [1.807, 2.05) is 52.0 Å². The lowest BCUT2D eigenvalue weighted by atomic mass is 10.0. The Bertz CT molecular complexity index is 2230. The summed E-state index contributed by atoms with van der Waals surface area (Å²) in [6.07, 6.45) is 4.02. The zero-order valence-corrected chi connectivity index (χ0v) is 33.2. The molecule has 0 saturated carbocycles. The number of H-pyrrole nitrogens is 2. The average molecular weight is 796 g/mol. The summed E-state index contributed by atoms with van der Waals surface area (Å²) < 4.78 is 22.7. The van der Waals surface area contributed by atoms with E-state index in [-0.39, 0.29) is 35.7 Å². The molecule has 2 saturated heterocycles.